The third-order valence-electron chi connectivity index (χ3n) is 5.96. The summed E-state index contributed by atoms with van der Waals surface area (Å²) in [4.78, 5) is 44.2. The summed E-state index contributed by atoms with van der Waals surface area (Å²) in [6.45, 7) is 0.341. The number of ether oxygens (including phenoxy) is 1. The number of rotatable bonds is 5. The number of aromatic carboxylic acids is 1. The molecule has 1 aliphatic rings. The van der Waals surface area contributed by atoms with Crippen molar-refractivity contribution in [3.63, 3.8) is 0 Å². The van der Waals surface area contributed by atoms with Gasteiger partial charge in [-0.25, -0.2) is 14.7 Å². The minimum absolute atomic E-state index is 0.00495. The first kappa shape index (κ1) is 21.7. The van der Waals surface area contributed by atoms with Gasteiger partial charge in [0.05, 0.1) is 36.8 Å². The van der Waals surface area contributed by atoms with Gasteiger partial charge in [0.25, 0.3) is 5.91 Å². The molecule has 0 radical (unpaired) electrons. The highest BCUT2D eigenvalue weighted by molar-refractivity contribution is 6.33. The Kier molecular flexibility index (Phi) is 5.13. The van der Waals surface area contributed by atoms with Crippen LogP contribution in [0.15, 0.2) is 48.8 Å². The number of hydrogen-bond donors (Lipinski definition) is 1. The molecule has 34 heavy (non-hydrogen) atoms. The van der Waals surface area contributed by atoms with E-state index in [9.17, 15) is 19.5 Å². The molecule has 3 heterocycles. The Bertz CT molecular complexity index is 1490. The Morgan fingerprint density at radius 1 is 1.18 bits per heavy atom. The lowest BCUT2D eigenvalue weighted by atomic mass is 10.1. The van der Waals surface area contributed by atoms with E-state index in [-0.39, 0.29) is 23.5 Å². The van der Waals surface area contributed by atoms with Crippen molar-refractivity contribution in [3.8, 4) is 5.75 Å². The maximum Gasteiger partial charge on any atom is 0.354 e. The predicted molar refractivity (Wildman–Crippen MR) is 125 cm³/mol. The molecule has 10 heteroatoms. The van der Waals surface area contributed by atoms with E-state index in [2.05, 4.69) is 4.98 Å². The van der Waals surface area contributed by atoms with Crippen LogP contribution in [0.3, 0.4) is 0 Å². The number of hydrogen-bond acceptors (Lipinski definition) is 5. The second-order valence-corrected chi connectivity index (χ2v) is 8.39. The number of carboxylic acid groups (broad SMARTS) is 1. The highest BCUT2D eigenvalue weighted by Crippen LogP contribution is 2.38. The highest BCUT2D eigenvalue weighted by atomic mass is 35.5. The number of amides is 2. The molecule has 0 saturated carbocycles. The monoisotopic (exact) mass is 478 g/mol. The Morgan fingerprint density at radius 3 is 2.59 bits per heavy atom. The van der Waals surface area contributed by atoms with E-state index in [1.54, 1.807) is 36.9 Å². The molecule has 1 aliphatic heterocycles. The van der Waals surface area contributed by atoms with Crippen LogP contribution in [0.4, 0.5) is 5.69 Å². The molecule has 0 saturated heterocycles. The third kappa shape index (κ3) is 3.32. The first-order valence-electron chi connectivity index (χ1n) is 10.4. The molecule has 2 aromatic carbocycles. The van der Waals surface area contributed by atoms with Crippen molar-refractivity contribution in [1.82, 2.24) is 14.1 Å². The topological polar surface area (TPSA) is 107 Å². The minimum Gasteiger partial charge on any atom is -0.497 e. The van der Waals surface area contributed by atoms with Gasteiger partial charge in [-0.1, -0.05) is 23.7 Å². The molecule has 0 atom stereocenters. The number of benzene rings is 2. The fourth-order valence-corrected chi connectivity index (χ4v) is 4.56. The maximum absolute atomic E-state index is 13.7. The highest BCUT2D eigenvalue weighted by Gasteiger charge is 2.40. The normalized spacial score (nSPS) is 13.4. The van der Waals surface area contributed by atoms with Crippen molar-refractivity contribution in [3.05, 3.63) is 76.5 Å². The van der Waals surface area contributed by atoms with E-state index in [4.69, 9.17) is 16.3 Å². The summed E-state index contributed by atoms with van der Waals surface area (Å²) >= 11 is 6.18. The number of aromatic nitrogens is 3. The van der Waals surface area contributed by atoms with Crippen LogP contribution >= 0.6 is 11.6 Å². The number of methoxy groups -OCH3 is 1. The lowest BCUT2D eigenvalue weighted by molar-refractivity contribution is -0.117. The molecule has 5 rings (SSSR count). The van der Waals surface area contributed by atoms with Crippen LogP contribution in [-0.4, -0.2) is 44.1 Å². The van der Waals surface area contributed by atoms with Crippen LogP contribution in [0.2, 0.25) is 5.02 Å². The molecule has 0 aliphatic carbocycles. The SMILES string of the molecule is COc1ccc(Cn2cnc3c2C(=O)N(c2c(C(=O)O)n(C)c4ccc(Cl)cc24)C(=O)C3)cc1. The summed E-state index contributed by atoms with van der Waals surface area (Å²) in [5, 5.41) is 10.7. The van der Waals surface area contributed by atoms with E-state index < -0.39 is 17.8 Å². The molecule has 172 valence electrons. The lowest BCUT2D eigenvalue weighted by Crippen LogP contribution is -2.44. The van der Waals surface area contributed by atoms with Crippen LogP contribution in [-0.2, 0) is 24.8 Å². The molecule has 0 unspecified atom stereocenters. The number of fused-ring (bicyclic) bond motifs is 2. The number of carbonyl (C=O) groups is 3. The molecular weight excluding hydrogens is 460 g/mol. The summed E-state index contributed by atoms with van der Waals surface area (Å²) in [5.41, 5.74) is 1.87. The van der Waals surface area contributed by atoms with Crippen molar-refractivity contribution >= 4 is 46.0 Å². The van der Waals surface area contributed by atoms with Gasteiger partial charge in [-0.15, -0.1) is 0 Å². The van der Waals surface area contributed by atoms with Gasteiger partial charge in [0.1, 0.15) is 11.4 Å². The molecule has 0 bridgehead atoms. The van der Waals surface area contributed by atoms with E-state index in [0.29, 0.717) is 33.9 Å². The van der Waals surface area contributed by atoms with Gasteiger partial charge in [0.2, 0.25) is 5.91 Å². The quantitative estimate of drug-likeness (QED) is 0.440. The Hall–Kier alpha value is -4.11. The fraction of sp³-hybridized carbons (Fsp3) is 0.167. The van der Waals surface area contributed by atoms with E-state index in [0.717, 1.165) is 10.5 Å². The maximum atomic E-state index is 13.7. The largest absolute Gasteiger partial charge is 0.497 e. The number of halogens is 1. The Morgan fingerprint density at radius 2 is 1.91 bits per heavy atom. The zero-order valence-electron chi connectivity index (χ0n) is 18.3. The van der Waals surface area contributed by atoms with Gasteiger partial charge in [-0.3, -0.25) is 9.59 Å². The van der Waals surface area contributed by atoms with Crippen molar-refractivity contribution in [2.24, 2.45) is 7.05 Å². The van der Waals surface area contributed by atoms with Gasteiger partial charge in [0.15, 0.2) is 5.69 Å². The summed E-state index contributed by atoms with van der Waals surface area (Å²) in [6.07, 6.45) is 1.38. The third-order valence-corrected chi connectivity index (χ3v) is 6.20. The lowest BCUT2D eigenvalue weighted by Gasteiger charge is -2.26. The minimum atomic E-state index is -1.26. The number of imidazole rings is 1. The zero-order valence-corrected chi connectivity index (χ0v) is 19.0. The Labute approximate surface area is 198 Å². The molecule has 1 N–H and O–H groups in total. The number of carbonyl (C=O) groups excluding carboxylic acids is 2. The average Bonchev–Trinajstić information content (AvgIpc) is 3.32. The smallest absolute Gasteiger partial charge is 0.354 e. The van der Waals surface area contributed by atoms with Gasteiger partial charge in [0, 0.05) is 24.0 Å². The first-order chi connectivity index (χ1) is 16.3. The van der Waals surface area contributed by atoms with E-state index in [1.807, 2.05) is 24.3 Å². The summed E-state index contributed by atoms with van der Waals surface area (Å²) < 4.78 is 8.29. The summed E-state index contributed by atoms with van der Waals surface area (Å²) in [7, 11) is 3.15. The van der Waals surface area contributed by atoms with Gasteiger partial charge < -0.3 is 19.0 Å². The molecular formula is C24H19ClN4O5. The first-order valence-corrected chi connectivity index (χ1v) is 10.7. The van der Waals surface area contributed by atoms with Crippen molar-refractivity contribution in [1.29, 1.82) is 0 Å². The number of anilines is 1. The molecule has 2 aromatic heterocycles. The van der Waals surface area contributed by atoms with E-state index in [1.165, 1.54) is 10.9 Å². The molecule has 9 nitrogen and oxygen atoms in total. The van der Waals surface area contributed by atoms with Crippen molar-refractivity contribution < 1.29 is 24.2 Å². The predicted octanol–water partition coefficient (Wildman–Crippen LogP) is 3.51. The number of nitrogens with zero attached hydrogens (tertiary/aromatic N) is 4. The Balaban J connectivity index is 1.63. The number of carboxylic acids is 1. The molecule has 2 amide bonds. The second kappa shape index (κ2) is 8.03. The van der Waals surface area contributed by atoms with Gasteiger partial charge in [-0.05, 0) is 35.9 Å². The van der Waals surface area contributed by atoms with Crippen molar-refractivity contribution in [2.45, 2.75) is 13.0 Å². The van der Waals surface area contributed by atoms with Crippen LogP contribution in [0, 0.1) is 0 Å². The summed E-state index contributed by atoms with van der Waals surface area (Å²) in [5.74, 6) is -1.74. The molecule has 0 fully saturated rings. The van der Waals surface area contributed by atoms with Crippen LogP contribution in [0.1, 0.15) is 32.2 Å². The second-order valence-electron chi connectivity index (χ2n) is 7.95. The average molecular weight is 479 g/mol. The van der Waals surface area contributed by atoms with Gasteiger partial charge in [-0.2, -0.15) is 0 Å². The van der Waals surface area contributed by atoms with Crippen LogP contribution < -0.4 is 9.64 Å². The van der Waals surface area contributed by atoms with Gasteiger partial charge >= 0.3 is 5.97 Å². The van der Waals surface area contributed by atoms with Crippen molar-refractivity contribution in [2.75, 3.05) is 12.0 Å². The van der Waals surface area contributed by atoms with Crippen LogP contribution in [0.25, 0.3) is 10.9 Å². The summed E-state index contributed by atoms with van der Waals surface area (Å²) in [6, 6.07) is 12.2. The molecule has 0 spiro atoms. The standard InChI is InChI=1S/C24H19ClN4O5/c1-27-18-8-5-14(25)9-16(18)20(22(27)24(32)33)29-19(30)10-17-21(23(29)31)28(12-26-17)11-13-3-6-15(34-2)7-4-13/h3-9,12H,10-11H2,1-2H3,(H,32,33). The fourth-order valence-electron chi connectivity index (χ4n) is 4.38. The van der Waals surface area contributed by atoms with E-state index >= 15 is 0 Å². The number of aryl methyl sites for hydroxylation is 1. The molecule has 4 aromatic rings. The number of imide groups is 1. The zero-order chi connectivity index (χ0) is 24.1. The van der Waals surface area contributed by atoms with Crippen LogP contribution in [0.5, 0.6) is 5.75 Å².